The molecule has 0 aromatic heterocycles. The van der Waals surface area contributed by atoms with Crippen LogP contribution < -0.4 is 5.32 Å². The number of rotatable bonds is 7. The Kier molecular flexibility index (Phi) is 6.52. The monoisotopic (exact) mass is 375 g/mol. The quantitative estimate of drug-likeness (QED) is 0.478. The molecule has 2 aromatic rings. The summed E-state index contributed by atoms with van der Waals surface area (Å²) in [5, 5.41) is 29.8. The average Bonchev–Trinajstić information content (AvgIpc) is 2.62. The van der Waals surface area contributed by atoms with Crippen molar-refractivity contribution >= 4 is 24.5 Å². The molecule has 1 amide bonds. The number of nitrogens with one attached hydrogen (secondary N) is 1. The van der Waals surface area contributed by atoms with Crippen molar-refractivity contribution < 1.29 is 24.9 Å². The second-order valence-corrected chi connectivity index (χ2v) is 6.65. The Labute approximate surface area is 156 Å². The van der Waals surface area contributed by atoms with E-state index in [0.717, 1.165) is 5.56 Å². The number of carbonyl (C=O) groups is 2. The molecule has 0 bridgehead atoms. The molecule has 6 nitrogen and oxygen atoms in total. The van der Waals surface area contributed by atoms with E-state index < -0.39 is 23.2 Å². The highest BCUT2D eigenvalue weighted by atomic mass is 32.1. The van der Waals surface area contributed by atoms with Crippen LogP contribution in [0.15, 0.2) is 48.5 Å². The van der Waals surface area contributed by atoms with Gasteiger partial charge in [0.05, 0.1) is 5.25 Å². The van der Waals surface area contributed by atoms with Gasteiger partial charge >= 0.3 is 5.97 Å². The Morgan fingerprint density at radius 3 is 2.00 bits per heavy atom. The smallest absolute Gasteiger partial charge is 0.326 e. The third kappa shape index (κ3) is 5.16. The van der Waals surface area contributed by atoms with E-state index in [0.29, 0.717) is 5.56 Å². The van der Waals surface area contributed by atoms with E-state index in [9.17, 15) is 24.9 Å². The predicted octanol–water partition coefficient (Wildman–Crippen LogP) is 2.31. The number of aromatic hydroxyl groups is 2. The number of hydrogen-bond donors (Lipinski definition) is 5. The first-order valence-electron chi connectivity index (χ1n) is 8.06. The van der Waals surface area contributed by atoms with Crippen molar-refractivity contribution in [3.63, 3.8) is 0 Å². The predicted molar refractivity (Wildman–Crippen MR) is 101 cm³/mol. The maximum Gasteiger partial charge on any atom is 0.326 e. The molecular formula is C19H21NO5S. The van der Waals surface area contributed by atoms with Crippen molar-refractivity contribution in [3.05, 3.63) is 59.7 Å². The van der Waals surface area contributed by atoms with E-state index in [1.807, 2.05) is 0 Å². The van der Waals surface area contributed by atoms with Gasteiger partial charge in [0.25, 0.3) is 0 Å². The Morgan fingerprint density at radius 2 is 1.50 bits per heavy atom. The Morgan fingerprint density at radius 1 is 1.00 bits per heavy atom. The van der Waals surface area contributed by atoms with E-state index >= 15 is 0 Å². The number of carboxylic acids is 1. The molecule has 0 spiro atoms. The molecular weight excluding hydrogens is 354 g/mol. The zero-order chi connectivity index (χ0) is 19.3. The summed E-state index contributed by atoms with van der Waals surface area (Å²) >= 11 is 4.34. The van der Waals surface area contributed by atoms with E-state index in [1.54, 1.807) is 31.2 Å². The molecule has 3 atom stereocenters. The molecule has 0 heterocycles. The second kappa shape index (κ2) is 8.62. The minimum Gasteiger partial charge on any atom is -0.508 e. The molecule has 7 heteroatoms. The SMILES string of the molecule is CC(c1ccc(O)cc1)C(S)C(=O)N[C@@H](Cc1ccc(O)cc1)C(=O)O. The molecule has 0 fully saturated rings. The van der Waals surface area contributed by atoms with Gasteiger partial charge in [0.1, 0.15) is 17.5 Å². The lowest BCUT2D eigenvalue weighted by molar-refractivity contribution is -0.141. The van der Waals surface area contributed by atoms with Crippen molar-refractivity contribution in [2.24, 2.45) is 0 Å². The number of phenolic OH excluding ortho intramolecular Hbond substituents is 2. The summed E-state index contributed by atoms with van der Waals surface area (Å²) < 4.78 is 0. The van der Waals surface area contributed by atoms with Crippen LogP contribution in [-0.2, 0) is 16.0 Å². The number of carbonyl (C=O) groups excluding carboxylic acids is 1. The summed E-state index contributed by atoms with van der Waals surface area (Å²) in [6, 6.07) is 11.5. The maximum absolute atomic E-state index is 12.4. The Hall–Kier alpha value is -2.67. The van der Waals surface area contributed by atoms with Crippen LogP contribution in [0.5, 0.6) is 11.5 Å². The van der Waals surface area contributed by atoms with Crippen LogP contribution in [0.25, 0.3) is 0 Å². The first-order chi connectivity index (χ1) is 12.3. The van der Waals surface area contributed by atoms with Gasteiger partial charge in [0, 0.05) is 12.3 Å². The van der Waals surface area contributed by atoms with E-state index in [4.69, 9.17) is 0 Å². The van der Waals surface area contributed by atoms with Gasteiger partial charge in [-0.2, -0.15) is 12.6 Å². The molecule has 0 aliphatic rings. The Bertz CT molecular complexity index is 761. The number of phenols is 2. The van der Waals surface area contributed by atoms with Crippen molar-refractivity contribution in [1.82, 2.24) is 5.32 Å². The van der Waals surface area contributed by atoms with Gasteiger partial charge in [-0.1, -0.05) is 31.2 Å². The van der Waals surface area contributed by atoms with E-state index in [-0.39, 0.29) is 23.8 Å². The summed E-state index contributed by atoms with van der Waals surface area (Å²) in [6.07, 6.45) is 0.0927. The summed E-state index contributed by atoms with van der Waals surface area (Å²) in [4.78, 5) is 23.9. The fourth-order valence-electron chi connectivity index (χ4n) is 2.51. The third-order valence-corrected chi connectivity index (χ3v) is 4.83. The number of amides is 1. The summed E-state index contributed by atoms with van der Waals surface area (Å²) in [5.41, 5.74) is 1.49. The minimum absolute atomic E-state index is 0.0859. The van der Waals surface area contributed by atoms with Crippen molar-refractivity contribution in [1.29, 1.82) is 0 Å². The number of thiol groups is 1. The van der Waals surface area contributed by atoms with Crippen LogP contribution in [0, 0.1) is 0 Å². The lowest BCUT2D eigenvalue weighted by atomic mass is 9.96. The number of hydrogen-bond acceptors (Lipinski definition) is 5. The molecule has 0 saturated carbocycles. The summed E-state index contributed by atoms with van der Waals surface area (Å²) in [6.45, 7) is 1.80. The highest BCUT2D eigenvalue weighted by Crippen LogP contribution is 2.25. The molecule has 0 aliphatic carbocycles. The molecule has 0 aliphatic heterocycles. The number of carboxylic acid groups (broad SMARTS) is 1. The van der Waals surface area contributed by atoms with Crippen LogP contribution in [0.3, 0.4) is 0 Å². The zero-order valence-electron chi connectivity index (χ0n) is 14.2. The third-order valence-electron chi connectivity index (χ3n) is 4.15. The number of aliphatic carboxylic acids is 1. The lowest BCUT2D eigenvalue weighted by Gasteiger charge is -2.22. The first-order valence-corrected chi connectivity index (χ1v) is 8.57. The molecule has 2 rings (SSSR count). The lowest BCUT2D eigenvalue weighted by Crippen LogP contribution is -2.46. The molecule has 0 radical (unpaired) electrons. The van der Waals surface area contributed by atoms with Crippen molar-refractivity contribution in [2.45, 2.75) is 30.6 Å². The highest BCUT2D eigenvalue weighted by Gasteiger charge is 2.27. The van der Waals surface area contributed by atoms with Crippen LogP contribution in [0.4, 0.5) is 0 Å². The molecule has 26 heavy (non-hydrogen) atoms. The molecule has 2 unspecified atom stereocenters. The van der Waals surface area contributed by atoms with Crippen LogP contribution in [-0.4, -0.2) is 38.5 Å². The highest BCUT2D eigenvalue weighted by molar-refractivity contribution is 7.81. The largest absolute Gasteiger partial charge is 0.508 e. The van der Waals surface area contributed by atoms with Gasteiger partial charge in [0.15, 0.2) is 0 Å². The second-order valence-electron chi connectivity index (χ2n) is 6.10. The molecule has 2 aromatic carbocycles. The molecule has 4 N–H and O–H groups in total. The van der Waals surface area contributed by atoms with Crippen LogP contribution in [0.2, 0.25) is 0 Å². The molecule has 138 valence electrons. The fourth-order valence-corrected chi connectivity index (χ4v) is 2.76. The first kappa shape index (κ1) is 19.7. The topological polar surface area (TPSA) is 107 Å². The van der Waals surface area contributed by atoms with Gasteiger partial charge in [-0.05, 0) is 35.4 Å². The van der Waals surface area contributed by atoms with Crippen LogP contribution >= 0.6 is 12.6 Å². The van der Waals surface area contributed by atoms with Crippen molar-refractivity contribution in [3.8, 4) is 11.5 Å². The number of benzene rings is 2. The van der Waals surface area contributed by atoms with E-state index in [2.05, 4.69) is 17.9 Å². The van der Waals surface area contributed by atoms with Gasteiger partial charge < -0.3 is 20.6 Å². The van der Waals surface area contributed by atoms with Crippen molar-refractivity contribution in [2.75, 3.05) is 0 Å². The fraction of sp³-hybridized carbons (Fsp3) is 0.263. The van der Waals surface area contributed by atoms with Gasteiger partial charge in [0.2, 0.25) is 5.91 Å². The van der Waals surface area contributed by atoms with E-state index in [1.165, 1.54) is 24.3 Å². The van der Waals surface area contributed by atoms with Crippen LogP contribution in [0.1, 0.15) is 24.0 Å². The maximum atomic E-state index is 12.4. The summed E-state index contributed by atoms with van der Waals surface area (Å²) in [5.74, 6) is -1.70. The zero-order valence-corrected chi connectivity index (χ0v) is 15.1. The summed E-state index contributed by atoms with van der Waals surface area (Å²) in [7, 11) is 0. The van der Waals surface area contributed by atoms with Gasteiger partial charge in [-0.3, -0.25) is 4.79 Å². The standard InChI is InChI=1S/C19H21NO5S/c1-11(13-4-8-15(22)9-5-13)17(26)18(23)20-16(19(24)25)10-12-2-6-14(21)7-3-12/h2-9,11,16-17,21-22,26H,10H2,1H3,(H,20,23)(H,24,25)/t11?,16-,17?/m0/s1. The normalized spacial score (nSPS) is 14.2. The minimum atomic E-state index is -1.15. The Balaban J connectivity index is 2.04. The molecule has 0 saturated heterocycles. The van der Waals surface area contributed by atoms with Gasteiger partial charge in [-0.15, -0.1) is 0 Å². The van der Waals surface area contributed by atoms with Gasteiger partial charge in [-0.25, -0.2) is 4.79 Å². The average molecular weight is 375 g/mol.